The van der Waals surface area contributed by atoms with Crippen molar-refractivity contribution in [2.45, 2.75) is 24.8 Å². The Hall–Kier alpha value is -2.65. The first-order chi connectivity index (χ1) is 12.6. The molecule has 0 N–H and O–H groups in total. The van der Waals surface area contributed by atoms with Crippen LogP contribution in [0.5, 0.6) is 0 Å². The highest BCUT2D eigenvalue weighted by Crippen LogP contribution is 2.27. The molecule has 0 aromatic heterocycles. The molecule has 0 aliphatic heterocycles. The molecule has 2 aromatic carbocycles. The molecule has 0 saturated heterocycles. The highest BCUT2D eigenvalue weighted by atomic mass is 35.5. The molecule has 0 atom stereocenters. The summed E-state index contributed by atoms with van der Waals surface area (Å²) in [5.74, 6) is -0.756. The molecule has 0 aliphatic carbocycles. The number of ether oxygens (including phenoxy) is 1. The van der Waals surface area contributed by atoms with E-state index in [0.717, 1.165) is 10.4 Å². The third kappa shape index (κ3) is 5.18. The van der Waals surface area contributed by atoms with E-state index < -0.39 is 33.6 Å². The predicted molar refractivity (Wildman–Crippen MR) is 100 cm³/mol. The van der Waals surface area contributed by atoms with Crippen molar-refractivity contribution in [3.8, 4) is 0 Å². The summed E-state index contributed by atoms with van der Waals surface area (Å²) < 4.78 is 32.0. The fourth-order valence-corrected chi connectivity index (χ4v) is 3.80. The summed E-state index contributed by atoms with van der Waals surface area (Å²) in [5, 5.41) is 11.4. The molecule has 0 bridgehead atoms. The molecule has 2 rings (SSSR count). The maximum atomic E-state index is 13.1. The summed E-state index contributed by atoms with van der Waals surface area (Å²) >= 11 is 5.84. The van der Waals surface area contributed by atoms with E-state index in [1.807, 2.05) is 0 Å². The Kier molecular flexibility index (Phi) is 6.40. The van der Waals surface area contributed by atoms with Gasteiger partial charge >= 0.3 is 5.97 Å². The smallest absolute Gasteiger partial charge is 0.327 e. The second-order valence-corrected chi connectivity index (χ2v) is 8.08. The van der Waals surface area contributed by atoms with Gasteiger partial charge in [0.1, 0.15) is 6.54 Å². The van der Waals surface area contributed by atoms with E-state index >= 15 is 0 Å². The van der Waals surface area contributed by atoms with E-state index in [9.17, 15) is 23.3 Å². The monoisotopic (exact) mass is 412 g/mol. The van der Waals surface area contributed by atoms with E-state index in [1.165, 1.54) is 42.5 Å². The van der Waals surface area contributed by atoms with Gasteiger partial charge in [0.25, 0.3) is 15.7 Å². The van der Waals surface area contributed by atoms with Crippen molar-refractivity contribution in [2.24, 2.45) is 0 Å². The molecular formula is C17H17ClN2O6S. The van der Waals surface area contributed by atoms with E-state index in [2.05, 4.69) is 0 Å². The Morgan fingerprint density at radius 3 is 2.41 bits per heavy atom. The molecular weight excluding hydrogens is 396 g/mol. The van der Waals surface area contributed by atoms with Gasteiger partial charge in [-0.1, -0.05) is 17.7 Å². The summed E-state index contributed by atoms with van der Waals surface area (Å²) in [6.07, 6.45) is -0.426. The highest BCUT2D eigenvalue weighted by molar-refractivity contribution is 7.92. The highest BCUT2D eigenvalue weighted by Gasteiger charge is 2.29. The molecule has 0 radical (unpaired) electrons. The van der Waals surface area contributed by atoms with E-state index in [0.29, 0.717) is 5.02 Å². The van der Waals surface area contributed by atoms with Crippen LogP contribution >= 0.6 is 11.6 Å². The maximum absolute atomic E-state index is 13.1. The zero-order chi connectivity index (χ0) is 20.2. The first kappa shape index (κ1) is 20.7. The summed E-state index contributed by atoms with van der Waals surface area (Å²) in [6.45, 7) is 2.68. The average molecular weight is 413 g/mol. The van der Waals surface area contributed by atoms with Crippen LogP contribution in [0.25, 0.3) is 0 Å². The fourth-order valence-electron chi connectivity index (χ4n) is 2.22. The molecule has 0 heterocycles. The lowest BCUT2D eigenvalue weighted by Crippen LogP contribution is -2.37. The number of carbonyl (C=O) groups excluding carboxylic acids is 1. The topological polar surface area (TPSA) is 107 Å². The number of benzene rings is 2. The van der Waals surface area contributed by atoms with Gasteiger partial charge in [0.2, 0.25) is 0 Å². The van der Waals surface area contributed by atoms with E-state index in [-0.39, 0.29) is 16.3 Å². The molecule has 10 heteroatoms. The second-order valence-electron chi connectivity index (χ2n) is 5.78. The molecule has 0 spiro atoms. The average Bonchev–Trinajstić information content (AvgIpc) is 2.60. The lowest BCUT2D eigenvalue weighted by atomic mass is 10.3. The predicted octanol–water partition coefficient (Wildman–Crippen LogP) is 3.40. The summed E-state index contributed by atoms with van der Waals surface area (Å²) in [4.78, 5) is 22.0. The summed E-state index contributed by atoms with van der Waals surface area (Å²) in [6, 6.07) is 10.4. The van der Waals surface area contributed by atoms with Crippen molar-refractivity contribution in [1.29, 1.82) is 0 Å². The van der Waals surface area contributed by atoms with Crippen molar-refractivity contribution in [1.82, 2.24) is 0 Å². The molecule has 144 valence electrons. The van der Waals surface area contributed by atoms with E-state index in [4.69, 9.17) is 16.3 Å². The number of sulfonamides is 1. The fraction of sp³-hybridized carbons (Fsp3) is 0.235. The van der Waals surface area contributed by atoms with Gasteiger partial charge in [0.05, 0.1) is 21.6 Å². The van der Waals surface area contributed by atoms with Crippen LogP contribution in [0.4, 0.5) is 11.4 Å². The maximum Gasteiger partial charge on any atom is 0.327 e. The number of nitro benzene ring substituents is 1. The Morgan fingerprint density at radius 2 is 1.85 bits per heavy atom. The van der Waals surface area contributed by atoms with Crippen molar-refractivity contribution in [3.05, 3.63) is 63.7 Å². The van der Waals surface area contributed by atoms with Crippen LogP contribution < -0.4 is 4.31 Å². The number of nitrogens with zero attached hydrogens (tertiary/aromatic N) is 2. The van der Waals surface area contributed by atoms with Crippen LogP contribution in [0.1, 0.15) is 13.8 Å². The van der Waals surface area contributed by atoms with Gasteiger partial charge in [-0.15, -0.1) is 0 Å². The normalized spacial score (nSPS) is 11.3. The molecule has 8 nitrogen and oxygen atoms in total. The minimum atomic E-state index is -4.27. The molecule has 0 fully saturated rings. The lowest BCUT2D eigenvalue weighted by Gasteiger charge is -2.24. The summed E-state index contributed by atoms with van der Waals surface area (Å²) in [7, 11) is -4.27. The van der Waals surface area contributed by atoms with Crippen LogP contribution in [0, 0.1) is 10.1 Å². The van der Waals surface area contributed by atoms with Crippen molar-refractivity contribution < 1.29 is 22.9 Å². The number of non-ortho nitro benzene ring substituents is 1. The minimum absolute atomic E-state index is 0.173. The zero-order valence-corrected chi connectivity index (χ0v) is 16.1. The lowest BCUT2D eigenvalue weighted by molar-refractivity contribution is -0.385. The van der Waals surface area contributed by atoms with E-state index in [1.54, 1.807) is 13.8 Å². The number of nitro groups is 1. The standard InChI is InChI=1S/C17H17ClN2O6S/c1-12(2)26-17(21)11-19(14-8-6-13(18)7-9-14)27(24,25)16-5-3-4-15(10-16)20(22)23/h3-10,12H,11H2,1-2H3. The van der Waals surface area contributed by atoms with Crippen LogP contribution in [0.3, 0.4) is 0 Å². The third-order valence-corrected chi connectivity index (χ3v) is 5.39. The number of carbonyl (C=O) groups is 1. The molecule has 0 unspecified atom stereocenters. The molecule has 27 heavy (non-hydrogen) atoms. The first-order valence-electron chi connectivity index (χ1n) is 7.83. The quantitative estimate of drug-likeness (QED) is 0.392. The first-order valence-corrected chi connectivity index (χ1v) is 9.65. The number of hydrogen-bond donors (Lipinski definition) is 0. The largest absolute Gasteiger partial charge is 0.462 e. The molecule has 0 amide bonds. The minimum Gasteiger partial charge on any atom is -0.462 e. The Balaban J connectivity index is 2.50. The molecule has 0 saturated carbocycles. The van der Waals surface area contributed by atoms with Gasteiger partial charge < -0.3 is 4.74 Å². The van der Waals surface area contributed by atoms with Gasteiger partial charge in [-0.3, -0.25) is 19.2 Å². The zero-order valence-electron chi connectivity index (χ0n) is 14.5. The van der Waals surface area contributed by atoms with Crippen LogP contribution in [0.2, 0.25) is 5.02 Å². The SMILES string of the molecule is CC(C)OC(=O)CN(c1ccc(Cl)cc1)S(=O)(=O)c1cccc([N+](=O)[O-])c1. The van der Waals surface area contributed by atoms with Crippen molar-refractivity contribution in [2.75, 3.05) is 10.8 Å². The molecule has 2 aromatic rings. The number of esters is 1. The number of anilines is 1. The number of halogens is 1. The third-order valence-electron chi connectivity index (χ3n) is 3.37. The van der Waals surface area contributed by atoms with Crippen LogP contribution in [0.15, 0.2) is 53.4 Å². The Bertz CT molecular complexity index is 944. The Labute approximate surface area is 161 Å². The molecule has 0 aliphatic rings. The van der Waals surface area contributed by atoms with Gasteiger partial charge in [-0.2, -0.15) is 0 Å². The van der Waals surface area contributed by atoms with Crippen LogP contribution in [-0.2, 0) is 19.6 Å². The van der Waals surface area contributed by atoms with Gasteiger partial charge in [-0.05, 0) is 44.2 Å². The summed E-state index contributed by atoms with van der Waals surface area (Å²) in [5.41, 5.74) is -0.205. The van der Waals surface area contributed by atoms with Gasteiger partial charge in [0, 0.05) is 17.2 Å². The van der Waals surface area contributed by atoms with Gasteiger partial charge in [0.15, 0.2) is 0 Å². The van der Waals surface area contributed by atoms with Crippen molar-refractivity contribution in [3.63, 3.8) is 0 Å². The van der Waals surface area contributed by atoms with Gasteiger partial charge in [-0.25, -0.2) is 8.42 Å². The van der Waals surface area contributed by atoms with Crippen LogP contribution in [-0.4, -0.2) is 32.0 Å². The Morgan fingerprint density at radius 1 is 1.22 bits per heavy atom. The number of rotatable bonds is 7. The van der Waals surface area contributed by atoms with Crippen molar-refractivity contribution >= 4 is 39.0 Å². The second kappa shape index (κ2) is 8.36. The number of hydrogen-bond acceptors (Lipinski definition) is 6.